The van der Waals surface area contributed by atoms with Crippen molar-refractivity contribution in [2.24, 2.45) is 0 Å². The van der Waals surface area contributed by atoms with Gasteiger partial charge in [0.15, 0.2) is 0 Å². The highest BCUT2D eigenvalue weighted by Gasteiger charge is 2.22. The van der Waals surface area contributed by atoms with Gasteiger partial charge in [-0.2, -0.15) is 4.31 Å². The summed E-state index contributed by atoms with van der Waals surface area (Å²) < 4.78 is 26.6. The maximum Gasteiger partial charge on any atom is 0.243 e. The number of nitrogens with zero attached hydrogens (tertiary/aromatic N) is 1. The summed E-state index contributed by atoms with van der Waals surface area (Å²) in [5.74, 6) is 0. The van der Waals surface area contributed by atoms with Crippen molar-refractivity contribution in [1.29, 1.82) is 0 Å². The van der Waals surface area contributed by atoms with Gasteiger partial charge in [-0.1, -0.05) is 35.3 Å². The van der Waals surface area contributed by atoms with Gasteiger partial charge in [0.25, 0.3) is 0 Å². The first-order chi connectivity index (χ1) is 10.2. The lowest BCUT2D eigenvalue weighted by atomic mass is 10.1. The van der Waals surface area contributed by atoms with Gasteiger partial charge in [-0.05, 0) is 54.8 Å². The van der Waals surface area contributed by atoms with Gasteiger partial charge in [-0.3, -0.25) is 0 Å². The van der Waals surface area contributed by atoms with E-state index in [1.165, 1.54) is 11.4 Å². The molecule has 3 nitrogen and oxygen atoms in total. The van der Waals surface area contributed by atoms with Crippen LogP contribution in [-0.2, 0) is 16.6 Å². The quantitative estimate of drug-likeness (QED) is 0.811. The van der Waals surface area contributed by atoms with Crippen LogP contribution in [-0.4, -0.2) is 19.8 Å². The van der Waals surface area contributed by atoms with E-state index in [1.54, 1.807) is 30.3 Å². The van der Waals surface area contributed by atoms with Crippen molar-refractivity contribution in [3.63, 3.8) is 0 Å². The average Bonchev–Trinajstić information content (AvgIpc) is 2.44. The number of hydrogen-bond acceptors (Lipinski definition) is 2. The Kier molecular flexibility index (Phi) is 5.17. The second-order valence-electron chi connectivity index (χ2n) is 5.24. The van der Waals surface area contributed by atoms with Crippen molar-refractivity contribution in [1.82, 2.24) is 4.31 Å². The van der Waals surface area contributed by atoms with Crippen LogP contribution in [0.15, 0.2) is 41.3 Å². The van der Waals surface area contributed by atoms with Gasteiger partial charge in [0.05, 0.1) is 4.90 Å². The third-order valence-electron chi connectivity index (χ3n) is 3.59. The Morgan fingerprint density at radius 2 is 1.68 bits per heavy atom. The Morgan fingerprint density at radius 1 is 1.00 bits per heavy atom. The van der Waals surface area contributed by atoms with E-state index in [1.807, 2.05) is 19.9 Å². The minimum absolute atomic E-state index is 0.186. The molecule has 0 saturated heterocycles. The Morgan fingerprint density at radius 3 is 2.27 bits per heavy atom. The fraction of sp³-hybridized carbons (Fsp3) is 0.250. The lowest BCUT2D eigenvalue weighted by Gasteiger charge is -2.18. The smallest absolute Gasteiger partial charge is 0.207 e. The summed E-state index contributed by atoms with van der Waals surface area (Å²) in [4.78, 5) is 0.281. The minimum atomic E-state index is -3.56. The van der Waals surface area contributed by atoms with Crippen molar-refractivity contribution < 1.29 is 8.42 Å². The van der Waals surface area contributed by atoms with E-state index in [-0.39, 0.29) is 11.4 Å². The second-order valence-corrected chi connectivity index (χ2v) is 8.13. The molecule has 0 aromatic heterocycles. The minimum Gasteiger partial charge on any atom is -0.207 e. The molecule has 0 aliphatic rings. The molecule has 0 heterocycles. The molecule has 0 saturated carbocycles. The van der Waals surface area contributed by atoms with Gasteiger partial charge in [0.1, 0.15) is 0 Å². The number of halogens is 2. The summed E-state index contributed by atoms with van der Waals surface area (Å²) in [7, 11) is -2.02. The van der Waals surface area contributed by atoms with Crippen molar-refractivity contribution in [3.8, 4) is 0 Å². The normalized spacial score (nSPS) is 11.9. The zero-order valence-electron chi connectivity index (χ0n) is 12.6. The Bertz CT molecular complexity index is 804. The topological polar surface area (TPSA) is 37.4 Å². The first-order valence-corrected chi connectivity index (χ1v) is 8.89. The summed E-state index contributed by atoms with van der Waals surface area (Å²) in [5, 5.41) is 0.975. The van der Waals surface area contributed by atoms with Crippen LogP contribution in [0.5, 0.6) is 0 Å². The van der Waals surface area contributed by atoms with Gasteiger partial charge in [-0.25, -0.2) is 8.42 Å². The summed E-state index contributed by atoms with van der Waals surface area (Å²) in [6.07, 6.45) is 0. The number of rotatable bonds is 4. The predicted octanol–water partition coefficient (Wildman–Crippen LogP) is 4.43. The monoisotopic (exact) mass is 357 g/mol. The molecule has 0 aliphatic heterocycles. The summed E-state index contributed by atoms with van der Waals surface area (Å²) in [5.41, 5.74) is 2.71. The second kappa shape index (κ2) is 6.59. The van der Waals surface area contributed by atoms with Crippen LogP contribution in [0.4, 0.5) is 0 Å². The van der Waals surface area contributed by atoms with E-state index < -0.39 is 10.0 Å². The van der Waals surface area contributed by atoms with Crippen molar-refractivity contribution in [2.45, 2.75) is 25.3 Å². The Labute approximate surface area is 141 Å². The van der Waals surface area contributed by atoms with E-state index in [9.17, 15) is 8.42 Å². The molecule has 0 aliphatic carbocycles. The molecule has 0 fully saturated rings. The Hall–Kier alpha value is -1.07. The highest BCUT2D eigenvalue weighted by atomic mass is 35.5. The zero-order valence-corrected chi connectivity index (χ0v) is 14.9. The van der Waals surface area contributed by atoms with Crippen LogP contribution in [0, 0.1) is 13.8 Å². The first-order valence-electron chi connectivity index (χ1n) is 6.69. The number of hydrogen-bond donors (Lipinski definition) is 0. The molecular weight excluding hydrogens is 341 g/mol. The molecule has 2 aromatic rings. The van der Waals surface area contributed by atoms with Crippen molar-refractivity contribution >= 4 is 33.2 Å². The van der Waals surface area contributed by atoms with E-state index in [0.29, 0.717) is 15.6 Å². The molecule has 0 amide bonds. The molecule has 0 bridgehead atoms. The van der Waals surface area contributed by atoms with Gasteiger partial charge in [0, 0.05) is 23.6 Å². The molecule has 118 valence electrons. The average molecular weight is 358 g/mol. The van der Waals surface area contributed by atoms with E-state index >= 15 is 0 Å². The van der Waals surface area contributed by atoms with Gasteiger partial charge < -0.3 is 0 Å². The van der Waals surface area contributed by atoms with Gasteiger partial charge in [0.2, 0.25) is 10.0 Å². The molecule has 0 atom stereocenters. The fourth-order valence-electron chi connectivity index (χ4n) is 2.03. The third-order valence-corrected chi connectivity index (χ3v) is 5.98. The van der Waals surface area contributed by atoms with Crippen LogP contribution in [0.3, 0.4) is 0 Å². The molecule has 0 unspecified atom stereocenters. The summed E-state index contributed by atoms with van der Waals surface area (Å²) >= 11 is 12.0. The lowest BCUT2D eigenvalue weighted by molar-refractivity contribution is 0.467. The van der Waals surface area contributed by atoms with Crippen LogP contribution in [0.2, 0.25) is 10.0 Å². The summed E-state index contributed by atoms with van der Waals surface area (Å²) in [6.45, 7) is 4.03. The fourth-order valence-corrected chi connectivity index (χ4v) is 3.73. The lowest BCUT2D eigenvalue weighted by Crippen LogP contribution is -2.26. The third kappa shape index (κ3) is 3.63. The van der Waals surface area contributed by atoms with E-state index in [0.717, 1.165) is 11.1 Å². The highest BCUT2D eigenvalue weighted by Crippen LogP contribution is 2.25. The molecule has 22 heavy (non-hydrogen) atoms. The number of aryl methyl sites for hydroxylation is 2. The maximum atomic E-state index is 12.6. The molecular formula is C16H17Cl2NO2S. The molecule has 2 aromatic carbocycles. The largest absolute Gasteiger partial charge is 0.243 e. The Balaban J connectivity index is 2.30. The molecule has 2 rings (SSSR count). The SMILES string of the molecule is Cc1ccc(S(=O)(=O)N(C)Cc2ccc(Cl)cc2Cl)cc1C. The van der Waals surface area contributed by atoms with Crippen LogP contribution in [0.25, 0.3) is 0 Å². The van der Waals surface area contributed by atoms with Crippen LogP contribution < -0.4 is 0 Å². The van der Waals surface area contributed by atoms with Crippen LogP contribution in [0.1, 0.15) is 16.7 Å². The molecule has 0 spiro atoms. The number of sulfonamides is 1. The first kappa shape index (κ1) is 17.3. The maximum absolute atomic E-state index is 12.6. The van der Waals surface area contributed by atoms with Gasteiger partial charge >= 0.3 is 0 Å². The zero-order chi connectivity index (χ0) is 16.5. The van der Waals surface area contributed by atoms with Crippen molar-refractivity contribution in [3.05, 3.63) is 63.1 Å². The van der Waals surface area contributed by atoms with Crippen LogP contribution >= 0.6 is 23.2 Å². The van der Waals surface area contributed by atoms with Gasteiger partial charge in [-0.15, -0.1) is 0 Å². The standard InChI is InChI=1S/C16H17Cl2NO2S/c1-11-4-7-15(8-12(11)2)22(20,21)19(3)10-13-5-6-14(17)9-16(13)18/h4-9H,10H2,1-3H3. The van der Waals surface area contributed by atoms with E-state index in [2.05, 4.69) is 0 Å². The molecule has 0 N–H and O–H groups in total. The molecule has 0 radical (unpaired) electrons. The summed E-state index contributed by atoms with van der Waals surface area (Å²) in [6, 6.07) is 10.2. The highest BCUT2D eigenvalue weighted by molar-refractivity contribution is 7.89. The number of benzene rings is 2. The predicted molar refractivity (Wildman–Crippen MR) is 91.0 cm³/mol. The molecule has 6 heteroatoms. The van der Waals surface area contributed by atoms with Crippen molar-refractivity contribution in [2.75, 3.05) is 7.05 Å². The van der Waals surface area contributed by atoms with E-state index in [4.69, 9.17) is 23.2 Å².